The maximum atomic E-state index is 14.2. The maximum absolute atomic E-state index is 14.2. The first-order valence-corrected chi connectivity index (χ1v) is 10.3. The van der Waals surface area contributed by atoms with Gasteiger partial charge >= 0.3 is 5.69 Å². The van der Waals surface area contributed by atoms with Gasteiger partial charge in [0.1, 0.15) is 11.6 Å². The first-order valence-electron chi connectivity index (χ1n) is 9.18. The van der Waals surface area contributed by atoms with E-state index in [9.17, 15) is 18.9 Å². The van der Waals surface area contributed by atoms with Crippen LogP contribution in [0.3, 0.4) is 0 Å². The quantitative estimate of drug-likeness (QED) is 0.335. The van der Waals surface area contributed by atoms with Crippen molar-refractivity contribution in [1.29, 1.82) is 0 Å². The number of nitro groups is 1. The topological polar surface area (TPSA) is 64.4 Å². The van der Waals surface area contributed by atoms with Gasteiger partial charge in [-0.05, 0) is 84.6 Å². The number of benzene rings is 2. The lowest BCUT2D eigenvalue weighted by Gasteiger charge is -2.22. The molecule has 1 heterocycles. The fraction of sp³-hybridized carbons (Fsp3) is 0.400. The lowest BCUT2D eigenvalue weighted by Crippen LogP contribution is -2.28. The molecule has 1 N–H and O–H groups in total. The molecule has 1 saturated heterocycles. The van der Waals surface area contributed by atoms with Gasteiger partial charge in [0.05, 0.1) is 11.5 Å². The van der Waals surface area contributed by atoms with Crippen LogP contribution in [0.1, 0.15) is 30.4 Å². The van der Waals surface area contributed by atoms with Crippen molar-refractivity contribution in [2.75, 3.05) is 19.7 Å². The molecule has 8 heteroatoms. The molecule has 150 valence electrons. The van der Waals surface area contributed by atoms with Crippen molar-refractivity contribution < 1.29 is 18.4 Å². The van der Waals surface area contributed by atoms with Crippen LogP contribution in [0.5, 0.6) is 5.75 Å². The predicted octanol–water partition coefficient (Wildman–Crippen LogP) is 4.84. The van der Waals surface area contributed by atoms with E-state index in [2.05, 4.69) is 5.32 Å². The number of ether oxygens (including phenoxy) is 1. The molecule has 0 bridgehead atoms. The largest absolute Gasteiger partial charge is 0.487 e. The summed E-state index contributed by atoms with van der Waals surface area (Å²) in [5.74, 6) is -0.712. The molecule has 0 aromatic heterocycles. The number of nitro benzene ring substituents is 1. The molecule has 3 rings (SSSR count). The van der Waals surface area contributed by atoms with Gasteiger partial charge in [-0.1, -0.05) is 6.07 Å². The van der Waals surface area contributed by atoms with Gasteiger partial charge in [0.15, 0.2) is 5.75 Å². The summed E-state index contributed by atoms with van der Waals surface area (Å²) in [6.45, 7) is 2.19. The molecule has 0 radical (unpaired) electrons. The molecular formula is C20H21F2IN2O3. The second-order valence-electron chi connectivity index (χ2n) is 6.91. The summed E-state index contributed by atoms with van der Waals surface area (Å²) in [5.41, 5.74) is 0.0707. The Morgan fingerprint density at radius 3 is 2.61 bits per heavy atom. The average molecular weight is 502 g/mol. The summed E-state index contributed by atoms with van der Waals surface area (Å²) in [6.07, 6.45) is 2.75. The van der Waals surface area contributed by atoms with Gasteiger partial charge in [-0.2, -0.15) is 0 Å². The molecule has 0 unspecified atom stereocenters. The van der Waals surface area contributed by atoms with Crippen LogP contribution in [-0.2, 0) is 6.42 Å². The van der Waals surface area contributed by atoms with Crippen LogP contribution >= 0.6 is 22.6 Å². The van der Waals surface area contributed by atoms with Crippen molar-refractivity contribution in [2.45, 2.75) is 25.7 Å². The minimum atomic E-state index is -0.636. The summed E-state index contributed by atoms with van der Waals surface area (Å²) < 4.78 is 34.6. The van der Waals surface area contributed by atoms with Crippen molar-refractivity contribution in [2.24, 2.45) is 5.92 Å². The summed E-state index contributed by atoms with van der Waals surface area (Å²) >= 11 is 1.98. The van der Waals surface area contributed by atoms with Crippen LogP contribution in [-0.4, -0.2) is 24.6 Å². The van der Waals surface area contributed by atoms with Crippen LogP contribution in [0.25, 0.3) is 0 Å². The molecule has 0 saturated carbocycles. The molecule has 1 aliphatic heterocycles. The normalized spacial score (nSPS) is 14.8. The number of hydrogen-bond acceptors (Lipinski definition) is 4. The summed E-state index contributed by atoms with van der Waals surface area (Å²) in [6, 6.07) is 6.73. The van der Waals surface area contributed by atoms with E-state index in [0.717, 1.165) is 48.1 Å². The number of piperidine rings is 1. The smallest absolute Gasteiger partial charge is 0.314 e. The Kier molecular flexibility index (Phi) is 7.17. The minimum Gasteiger partial charge on any atom is -0.487 e. The Balaban J connectivity index is 1.80. The molecule has 1 fully saturated rings. The lowest BCUT2D eigenvalue weighted by molar-refractivity contribution is -0.386. The minimum absolute atomic E-state index is 0.0819. The van der Waals surface area contributed by atoms with Gasteiger partial charge in [0.2, 0.25) is 0 Å². The molecule has 2 aromatic carbocycles. The Labute approximate surface area is 175 Å². The van der Waals surface area contributed by atoms with Crippen LogP contribution in [0.4, 0.5) is 14.5 Å². The maximum Gasteiger partial charge on any atom is 0.314 e. The van der Waals surface area contributed by atoms with E-state index in [1.807, 2.05) is 22.6 Å². The second-order valence-corrected chi connectivity index (χ2v) is 8.16. The van der Waals surface area contributed by atoms with E-state index in [1.165, 1.54) is 6.07 Å². The average Bonchev–Trinajstić information content (AvgIpc) is 2.64. The van der Waals surface area contributed by atoms with Gasteiger partial charge in [-0.3, -0.25) is 10.1 Å². The van der Waals surface area contributed by atoms with Crippen LogP contribution < -0.4 is 10.1 Å². The Hall–Kier alpha value is -1.81. The van der Waals surface area contributed by atoms with E-state index in [4.69, 9.17) is 4.74 Å². The van der Waals surface area contributed by atoms with Crippen molar-refractivity contribution >= 4 is 28.3 Å². The third-order valence-electron chi connectivity index (χ3n) is 4.94. The molecule has 5 nitrogen and oxygen atoms in total. The Morgan fingerprint density at radius 1 is 1.18 bits per heavy atom. The van der Waals surface area contributed by atoms with Crippen LogP contribution in [0.2, 0.25) is 0 Å². The number of halogens is 3. The molecule has 1 aliphatic rings. The van der Waals surface area contributed by atoms with Gasteiger partial charge in [0.25, 0.3) is 0 Å². The van der Waals surface area contributed by atoms with Gasteiger partial charge in [-0.25, -0.2) is 8.78 Å². The van der Waals surface area contributed by atoms with Crippen molar-refractivity contribution in [3.63, 3.8) is 0 Å². The summed E-state index contributed by atoms with van der Waals surface area (Å²) in [5, 5.41) is 14.9. The highest BCUT2D eigenvalue weighted by molar-refractivity contribution is 14.1. The van der Waals surface area contributed by atoms with Gasteiger partial charge < -0.3 is 10.1 Å². The molecule has 0 spiro atoms. The molecule has 0 aliphatic carbocycles. The highest BCUT2D eigenvalue weighted by Gasteiger charge is 2.24. The van der Waals surface area contributed by atoms with Crippen LogP contribution in [0.15, 0.2) is 30.3 Å². The van der Waals surface area contributed by atoms with E-state index in [-0.39, 0.29) is 35.6 Å². The Morgan fingerprint density at radius 2 is 1.93 bits per heavy atom. The lowest BCUT2D eigenvalue weighted by atomic mass is 9.95. The first kappa shape index (κ1) is 20.9. The van der Waals surface area contributed by atoms with Crippen LogP contribution in [0, 0.1) is 31.2 Å². The number of rotatable bonds is 7. The van der Waals surface area contributed by atoms with E-state index >= 15 is 0 Å². The van der Waals surface area contributed by atoms with Gasteiger partial charge in [-0.15, -0.1) is 0 Å². The number of nitrogens with one attached hydrogen (secondary N) is 1. The third kappa shape index (κ3) is 5.38. The third-order valence-corrected chi connectivity index (χ3v) is 5.61. The van der Waals surface area contributed by atoms with Crippen molar-refractivity contribution in [3.05, 3.63) is 66.8 Å². The van der Waals surface area contributed by atoms with E-state index < -0.39 is 16.6 Å². The number of nitrogens with zero attached hydrogens (tertiary/aromatic N) is 1. The second kappa shape index (κ2) is 9.60. The number of hydrogen-bond donors (Lipinski definition) is 1. The summed E-state index contributed by atoms with van der Waals surface area (Å²) in [7, 11) is 0. The first-order chi connectivity index (χ1) is 13.4. The Bertz CT molecular complexity index is 858. The molecule has 2 aromatic rings. The van der Waals surface area contributed by atoms with Gasteiger partial charge in [0, 0.05) is 21.6 Å². The molecular weight excluding hydrogens is 481 g/mol. The SMILES string of the molecule is O=[N+]([O-])c1c(Cc2ccc(I)cc2F)cc(F)cc1OCCC1CCNCC1. The molecule has 28 heavy (non-hydrogen) atoms. The highest BCUT2D eigenvalue weighted by Crippen LogP contribution is 2.34. The highest BCUT2D eigenvalue weighted by atomic mass is 127. The fourth-order valence-electron chi connectivity index (χ4n) is 3.46. The standard InChI is InChI=1S/C20H21F2IN2O3/c21-16-10-15(9-14-1-2-17(23)12-18(14)22)20(25(26)27)19(11-16)28-8-5-13-3-6-24-7-4-13/h1-2,10-13,24H,3-9H2. The molecule has 0 atom stereocenters. The molecule has 0 amide bonds. The zero-order chi connectivity index (χ0) is 20.1. The predicted molar refractivity (Wildman–Crippen MR) is 111 cm³/mol. The summed E-state index contributed by atoms with van der Waals surface area (Å²) in [4.78, 5) is 11.1. The zero-order valence-electron chi connectivity index (χ0n) is 15.2. The fourth-order valence-corrected chi connectivity index (χ4v) is 3.91. The monoisotopic (exact) mass is 502 g/mol. The zero-order valence-corrected chi connectivity index (χ0v) is 17.4. The van der Waals surface area contributed by atoms with E-state index in [0.29, 0.717) is 5.92 Å². The van der Waals surface area contributed by atoms with Crippen molar-refractivity contribution in [3.8, 4) is 5.75 Å². The van der Waals surface area contributed by atoms with E-state index in [1.54, 1.807) is 12.1 Å². The van der Waals surface area contributed by atoms with Crippen molar-refractivity contribution in [1.82, 2.24) is 5.32 Å².